The van der Waals surface area contributed by atoms with E-state index in [1.54, 1.807) is 32.5 Å². The monoisotopic (exact) mass is 542 g/mol. The maximum Gasteiger partial charge on any atom is 0.411 e. The number of halogens is 1. The number of hydrogen-bond donors (Lipinski definition) is 0. The van der Waals surface area contributed by atoms with Crippen molar-refractivity contribution in [3.05, 3.63) is 21.4 Å². The van der Waals surface area contributed by atoms with Gasteiger partial charge in [-0.05, 0) is 60.2 Å². The third-order valence-electron chi connectivity index (χ3n) is 4.29. The van der Waals surface area contributed by atoms with Gasteiger partial charge >= 0.3 is 6.09 Å². The number of rotatable bonds is 6. The Bertz CT molecular complexity index is 707. The fourth-order valence-electron chi connectivity index (χ4n) is 3.08. The van der Waals surface area contributed by atoms with Gasteiger partial charge in [-0.2, -0.15) is 0 Å². The number of nitrogens with zero attached hydrogens (tertiary/aromatic N) is 2. The lowest BCUT2D eigenvalue weighted by Gasteiger charge is -2.40. The molecule has 0 saturated heterocycles. The van der Waals surface area contributed by atoms with E-state index >= 15 is 0 Å². The zero-order chi connectivity index (χ0) is 21.1. The second-order valence-electron chi connectivity index (χ2n) is 7.71. The van der Waals surface area contributed by atoms with Crippen LogP contribution in [0.4, 0.5) is 4.79 Å². The molecule has 0 saturated carbocycles. The lowest BCUT2D eigenvalue weighted by Crippen LogP contribution is -2.49. The largest absolute Gasteiger partial charge is 0.444 e. The van der Waals surface area contributed by atoms with Crippen LogP contribution in [0.5, 0.6) is 0 Å². The topological polar surface area (TPSA) is 68.3 Å². The van der Waals surface area contributed by atoms with Crippen LogP contribution in [0.15, 0.2) is 5.38 Å². The average molecular weight is 542 g/mol. The molecule has 158 valence electrons. The number of methoxy groups -OCH3 is 1. The summed E-state index contributed by atoms with van der Waals surface area (Å²) in [6.07, 6.45) is -0.125. The number of carbonyl (C=O) groups excluding carboxylic acids is 2. The Hall–Kier alpha value is -0.480. The molecule has 1 aliphatic rings. The van der Waals surface area contributed by atoms with Crippen molar-refractivity contribution in [1.82, 2.24) is 9.80 Å². The molecule has 1 aromatic rings. The molecule has 0 aromatic carbocycles. The van der Waals surface area contributed by atoms with Crippen molar-refractivity contribution in [2.45, 2.75) is 44.9 Å². The van der Waals surface area contributed by atoms with Gasteiger partial charge in [-0.25, -0.2) is 4.79 Å². The summed E-state index contributed by atoms with van der Waals surface area (Å²) in [4.78, 5) is 30.1. The molecule has 3 atom stereocenters. The van der Waals surface area contributed by atoms with Gasteiger partial charge in [-0.1, -0.05) is 0 Å². The van der Waals surface area contributed by atoms with Gasteiger partial charge in [-0.15, -0.1) is 11.3 Å². The highest BCUT2D eigenvalue weighted by molar-refractivity contribution is 14.2. The molecule has 0 radical (unpaired) electrons. The number of ether oxygens (including phenoxy) is 2. The molecule has 0 aliphatic carbocycles. The Balaban J connectivity index is 2.50. The summed E-state index contributed by atoms with van der Waals surface area (Å²) < 4.78 is 16.8. The highest BCUT2D eigenvalue weighted by Gasteiger charge is 2.44. The predicted molar refractivity (Wildman–Crippen MR) is 120 cm³/mol. The molecule has 0 spiro atoms. The Morgan fingerprint density at radius 2 is 2.07 bits per heavy atom. The van der Waals surface area contributed by atoms with Gasteiger partial charge in [0.15, 0.2) is 0 Å². The molecule has 0 N–H and O–H groups in total. The van der Waals surface area contributed by atoms with Crippen LogP contribution in [-0.4, -0.2) is 61.8 Å². The van der Waals surface area contributed by atoms with Crippen molar-refractivity contribution in [2.24, 2.45) is 0 Å². The van der Waals surface area contributed by atoms with E-state index in [0.29, 0.717) is 19.5 Å². The molecular weight excluding hydrogens is 514 g/mol. The summed E-state index contributed by atoms with van der Waals surface area (Å²) in [7, 11) is 5.02. The van der Waals surface area contributed by atoms with Crippen LogP contribution in [-0.2, 0) is 25.2 Å². The molecule has 1 aromatic heterocycles. The maximum absolute atomic E-state index is 13.1. The quantitative estimate of drug-likeness (QED) is 0.305. The van der Waals surface area contributed by atoms with Crippen LogP contribution >= 0.6 is 39.8 Å². The zero-order valence-electron chi connectivity index (χ0n) is 17.1. The number of hydrogen-bond acceptors (Lipinski definition) is 6. The van der Waals surface area contributed by atoms with E-state index in [0.717, 1.165) is 16.0 Å². The highest BCUT2D eigenvalue weighted by atomic mass is 127. The van der Waals surface area contributed by atoms with Gasteiger partial charge in [0.25, 0.3) is 0 Å². The first-order valence-electron chi connectivity index (χ1n) is 8.91. The molecule has 7 nitrogen and oxygen atoms in total. The first-order chi connectivity index (χ1) is 13.1. The van der Waals surface area contributed by atoms with Crippen LogP contribution in [0.25, 0.3) is 0 Å². The molecule has 3 unspecified atom stereocenters. The normalized spacial score (nSPS) is 19.8. The SMILES string of the molecule is COC1CN(C(=O)OC(C)(C)C)C(C(=O)N(C)C)c2c(CCOPI)csc21. The first kappa shape index (κ1) is 23.8. The van der Waals surface area contributed by atoms with E-state index in [1.807, 2.05) is 26.2 Å². The van der Waals surface area contributed by atoms with Crippen LogP contribution in [0.1, 0.15) is 48.9 Å². The Labute approximate surface area is 185 Å². The van der Waals surface area contributed by atoms with E-state index < -0.39 is 17.7 Å². The second kappa shape index (κ2) is 10.0. The van der Waals surface area contributed by atoms with Crippen molar-refractivity contribution in [3.63, 3.8) is 0 Å². The number of carbonyl (C=O) groups is 2. The predicted octanol–water partition coefficient (Wildman–Crippen LogP) is 4.32. The molecule has 0 fully saturated rings. The summed E-state index contributed by atoms with van der Waals surface area (Å²) in [5.74, 6) is -0.155. The Morgan fingerprint density at radius 3 is 2.61 bits per heavy atom. The molecule has 2 heterocycles. The zero-order valence-corrected chi connectivity index (χ0v) is 21.0. The molecule has 2 rings (SSSR count). The van der Waals surface area contributed by atoms with Gasteiger partial charge in [0.1, 0.15) is 17.7 Å². The lowest BCUT2D eigenvalue weighted by atomic mass is 9.92. The van der Waals surface area contributed by atoms with Crippen molar-refractivity contribution < 1.29 is 23.6 Å². The molecule has 10 heteroatoms. The van der Waals surface area contributed by atoms with E-state index in [1.165, 1.54) is 9.80 Å². The second-order valence-corrected chi connectivity index (χ2v) is 10.4. The fraction of sp³-hybridized carbons (Fsp3) is 0.667. The van der Waals surface area contributed by atoms with E-state index in [-0.39, 0.29) is 18.6 Å². The minimum absolute atomic E-state index is 0.155. The maximum atomic E-state index is 13.1. The summed E-state index contributed by atoms with van der Waals surface area (Å²) >= 11 is 3.76. The molecule has 28 heavy (non-hydrogen) atoms. The van der Waals surface area contributed by atoms with Crippen LogP contribution in [0.2, 0.25) is 0 Å². The first-order valence-corrected chi connectivity index (χ1v) is 13.8. The van der Waals surface area contributed by atoms with Crippen LogP contribution in [0, 0.1) is 0 Å². The standard InChI is InChI=1S/C18H28IN2O5PS/c1-18(2,3)26-17(23)21-9-12(24-6)15-13(14(21)16(22)20(4)5)11(10-28-15)7-8-25-27-19/h10,12,14,27H,7-9H2,1-6H3. The summed E-state index contributed by atoms with van der Waals surface area (Å²) in [5.41, 5.74) is 1.22. The number of likely N-dealkylation sites (N-methyl/N-ethyl adjacent to an activating group) is 1. The van der Waals surface area contributed by atoms with Gasteiger partial charge in [0.05, 0.1) is 19.6 Å². The summed E-state index contributed by atoms with van der Waals surface area (Å²) in [6, 6.07) is -0.727. The minimum atomic E-state index is -0.727. The number of fused-ring (bicyclic) bond motifs is 1. The van der Waals surface area contributed by atoms with Crippen LogP contribution in [0.3, 0.4) is 0 Å². The van der Waals surface area contributed by atoms with Crippen LogP contribution < -0.4 is 0 Å². The van der Waals surface area contributed by atoms with E-state index in [4.69, 9.17) is 14.0 Å². The van der Waals surface area contributed by atoms with E-state index in [2.05, 4.69) is 22.0 Å². The molecule has 1 aliphatic heterocycles. The molecule has 0 bridgehead atoms. The third kappa shape index (κ3) is 5.56. The van der Waals surface area contributed by atoms with Gasteiger partial charge < -0.3 is 18.9 Å². The molecular formula is C18H28IN2O5PS. The van der Waals surface area contributed by atoms with Crippen molar-refractivity contribution in [3.8, 4) is 0 Å². The van der Waals surface area contributed by atoms with Crippen molar-refractivity contribution in [2.75, 3.05) is 34.4 Å². The van der Waals surface area contributed by atoms with E-state index in [9.17, 15) is 9.59 Å². The smallest absolute Gasteiger partial charge is 0.411 e. The number of amides is 2. The summed E-state index contributed by atoms with van der Waals surface area (Å²) in [5, 5.41) is 2.05. The Morgan fingerprint density at radius 1 is 1.39 bits per heavy atom. The average Bonchev–Trinajstić information content (AvgIpc) is 3.02. The lowest BCUT2D eigenvalue weighted by molar-refractivity contribution is -0.136. The van der Waals surface area contributed by atoms with Crippen molar-refractivity contribution >= 4 is 51.8 Å². The highest BCUT2D eigenvalue weighted by Crippen LogP contribution is 2.43. The number of thiophene rings is 1. The van der Waals surface area contributed by atoms with Gasteiger partial charge in [0, 0.05) is 31.6 Å². The van der Waals surface area contributed by atoms with Crippen molar-refractivity contribution in [1.29, 1.82) is 0 Å². The fourth-order valence-corrected chi connectivity index (χ4v) is 5.12. The minimum Gasteiger partial charge on any atom is -0.444 e. The third-order valence-corrected chi connectivity index (χ3v) is 6.68. The summed E-state index contributed by atoms with van der Waals surface area (Å²) in [6.45, 7) is 6.66. The molecule has 2 amide bonds. The van der Waals surface area contributed by atoms with Gasteiger partial charge in [-0.3, -0.25) is 9.69 Å². The Kier molecular flexibility index (Phi) is 8.51. The van der Waals surface area contributed by atoms with Gasteiger partial charge in [0.2, 0.25) is 5.91 Å².